The van der Waals surface area contributed by atoms with E-state index in [4.69, 9.17) is 5.73 Å². The van der Waals surface area contributed by atoms with Crippen molar-refractivity contribution in [2.75, 3.05) is 6.54 Å². The average molecular weight is 168 g/mol. The highest BCUT2D eigenvalue weighted by Gasteiger charge is 2.29. The molecule has 0 saturated heterocycles. The van der Waals surface area contributed by atoms with E-state index in [0.717, 1.165) is 17.8 Å². The Balaban J connectivity index is 2.35. The van der Waals surface area contributed by atoms with Crippen LogP contribution in [0.1, 0.15) is 40.0 Å². The molecule has 0 spiro atoms. The third-order valence-electron chi connectivity index (χ3n) is 3.58. The van der Waals surface area contributed by atoms with Crippen molar-refractivity contribution in [1.82, 2.24) is 5.73 Å². The first-order chi connectivity index (χ1) is 5.65. The van der Waals surface area contributed by atoms with Crippen molar-refractivity contribution in [3.63, 3.8) is 0 Å². The minimum absolute atomic E-state index is 0.621. The summed E-state index contributed by atoms with van der Waals surface area (Å²) in [5.74, 6) is 3.29. The topological polar surface area (TPSA) is 23.8 Å². The number of nitrogens with one attached hydrogen (secondary N) is 1. The molecule has 0 heterocycles. The van der Waals surface area contributed by atoms with Crippen LogP contribution in [0.4, 0.5) is 0 Å². The van der Waals surface area contributed by atoms with E-state index in [1.54, 1.807) is 0 Å². The van der Waals surface area contributed by atoms with Gasteiger partial charge in [0.15, 0.2) is 0 Å². The van der Waals surface area contributed by atoms with Crippen molar-refractivity contribution in [2.45, 2.75) is 40.0 Å². The maximum Gasteiger partial charge on any atom is 0.0128 e. The molecule has 1 fully saturated rings. The summed E-state index contributed by atoms with van der Waals surface area (Å²) in [6.07, 6.45) is 4.17. The molecule has 71 valence electrons. The zero-order valence-electron chi connectivity index (χ0n) is 8.64. The molecule has 1 heteroatoms. The molecular weight excluding hydrogens is 146 g/mol. The van der Waals surface area contributed by atoms with Gasteiger partial charge in [-0.15, -0.1) is 0 Å². The maximum absolute atomic E-state index is 7.35. The second-order valence-electron chi connectivity index (χ2n) is 4.76. The number of hydrogen-bond donors (Lipinski definition) is 0. The molecule has 1 saturated carbocycles. The lowest BCUT2D eigenvalue weighted by Crippen LogP contribution is -2.14. The third kappa shape index (κ3) is 2.22. The molecule has 0 aromatic carbocycles. The summed E-state index contributed by atoms with van der Waals surface area (Å²) in [4.78, 5) is 0. The predicted molar refractivity (Wildman–Crippen MR) is 52.8 cm³/mol. The van der Waals surface area contributed by atoms with Gasteiger partial charge < -0.3 is 0 Å². The first-order valence-electron chi connectivity index (χ1n) is 5.29. The van der Waals surface area contributed by atoms with E-state index in [9.17, 15) is 0 Å². The molecule has 0 aromatic rings. The van der Waals surface area contributed by atoms with Crippen molar-refractivity contribution in [2.24, 2.45) is 23.7 Å². The summed E-state index contributed by atoms with van der Waals surface area (Å²) in [7, 11) is 0. The summed E-state index contributed by atoms with van der Waals surface area (Å²) >= 11 is 0. The van der Waals surface area contributed by atoms with Crippen LogP contribution in [0.25, 0.3) is 0 Å². The van der Waals surface area contributed by atoms with Crippen LogP contribution in [0.2, 0.25) is 0 Å². The standard InChI is InChI=1S/C11H22N/c1-8(2)10-4-5-11(6-10)9(3)7-12/h8-12H,4-7H2,1-3H3. The normalized spacial score (nSPS) is 32.8. The molecule has 3 atom stereocenters. The van der Waals surface area contributed by atoms with E-state index in [1.807, 2.05) is 0 Å². The molecule has 0 aliphatic heterocycles. The number of rotatable bonds is 3. The van der Waals surface area contributed by atoms with Crippen LogP contribution in [0.5, 0.6) is 0 Å². The SMILES string of the molecule is CC(C)C1CCC(C(C)C[NH])C1. The molecule has 1 nitrogen and oxygen atoms in total. The fourth-order valence-corrected chi connectivity index (χ4v) is 2.34. The minimum atomic E-state index is 0.621. The zero-order valence-corrected chi connectivity index (χ0v) is 8.64. The lowest BCUT2D eigenvalue weighted by Gasteiger charge is -2.18. The largest absolute Gasteiger partial charge is 0.258 e. The lowest BCUT2D eigenvalue weighted by atomic mass is 9.89. The Morgan fingerprint density at radius 3 is 2.17 bits per heavy atom. The van der Waals surface area contributed by atoms with Gasteiger partial charge in [-0.2, -0.15) is 0 Å². The summed E-state index contributed by atoms with van der Waals surface area (Å²) in [6, 6.07) is 0. The van der Waals surface area contributed by atoms with E-state index in [2.05, 4.69) is 20.8 Å². The Labute approximate surface area is 76.7 Å². The van der Waals surface area contributed by atoms with Crippen LogP contribution in [0.15, 0.2) is 0 Å². The first-order valence-corrected chi connectivity index (χ1v) is 5.29. The molecule has 1 aliphatic carbocycles. The van der Waals surface area contributed by atoms with E-state index >= 15 is 0 Å². The summed E-state index contributed by atoms with van der Waals surface area (Å²) in [5.41, 5.74) is 7.35. The van der Waals surface area contributed by atoms with E-state index < -0.39 is 0 Å². The van der Waals surface area contributed by atoms with E-state index in [-0.39, 0.29) is 0 Å². The fraction of sp³-hybridized carbons (Fsp3) is 1.00. The van der Waals surface area contributed by atoms with Gasteiger partial charge in [0.1, 0.15) is 0 Å². The van der Waals surface area contributed by atoms with Gasteiger partial charge in [-0.25, -0.2) is 0 Å². The van der Waals surface area contributed by atoms with Gasteiger partial charge in [-0.3, -0.25) is 5.73 Å². The van der Waals surface area contributed by atoms with Crippen molar-refractivity contribution in [3.05, 3.63) is 0 Å². The molecule has 12 heavy (non-hydrogen) atoms. The molecule has 1 rings (SSSR count). The smallest absolute Gasteiger partial charge is 0.0128 e. The van der Waals surface area contributed by atoms with Crippen LogP contribution < -0.4 is 5.73 Å². The molecule has 1 aliphatic rings. The summed E-state index contributed by atoms with van der Waals surface area (Å²) in [6.45, 7) is 7.52. The second-order valence-corrected chi connectivity index (χ2v) is 4.76. The Bertz CT molecular complexity index is 131. The van der Waals surface area contributed by atoms with Crippen LogP contribution in [0, 0.1) is 23.7 Å². The highest BCUT2D eigenvalue weighted by molar-refractivity contribution is 4.80. The minimum Gasteiger partial charge on any atom is -0.258 e. The van der Waals surface area contributed by atoms with Gasteiger partial charge in [0.05, 0.1) is 0 Å². The summed E-state index contributed by atoms with van der Waals surface area (Å²) in [5, 5.41) is 0. The van der Waals surface area contributed by atoms with Gasteiger partial charge in [0, 0.05) is 6.54 Å². The zero-order chi connectivity index (χ0) is 9.14. The predicted octanol–water partition coefficient (Wildman–Crippen LogP) is 2.98. The molecule has 0 amide bonds. The maximum atomic E-state index is 7.35. The second kappa shape index (κ2) is 4.27. The van der Waals surface area contributed by atoms with Crippen LogP contribution in [-0.4, -0.2) is 6.54 Å². The highest BCUT2D eigenvalue weighted by Crippen LogP contribution is 2.39. The Kier molecular flexibility index (Phi) is 3.57. The van der Waals surface area contributed by atoms with Crippen molar-refractivity contribution < 1.29 is 0 Å². The number of hydrogen-bond acceptors (Lipinski definition) is 0. The van der Waals surface area contributed by atoms with Crippen LogP contribution in [-0.2, 0) is 0 Å². The molecule has 0 bridgehead atoms. The van der Waals surface area contributed by atoms with Gasteiger partial charge >= 0.3 is 0 Å². The molecule has 0 aromatic heterocycles. The molecule has 3 unspecified atom stereocenters. The van der Waals surface area contributed by atoms with Gasteiger partial charge in [-0.05, 0) is 42.9 Å². The molecular formula is C11H22N. The highest BCUT2D eigenvalue weighted by atomic mass is 14.6. The van der Waals surface area contributed by atoms with E-state index in [0.29, 0.717) is 12.5 Å². The fourth-order valence-electron chi connectivity index (χ4n) is 2.34. The molecule has 1 radical (unpaired) electrons. The Hall–Kier alpha value is -0.0400. The van der Waals surface area contributed by atoms with Gasteiger partial charge in [0.25, 0.3) is 0 Å². The first kappa shape index (κ1) is 10.0. The monoisotopic (exact) mass is 168 g/mol. The third-order valence-corrected chi connectivity index (χ3v) is 3.58. The molecule has 1 N–H and O–H groups in total. The summed E-state index contributed by atoms with van der Waals surface area (Å²) < 4.78 is 0. The van der Waals surface area contributed by atoms with Gasteiger partial charge in [0.2, 0.25) is 0 Å². The van der Waals surface area contributed by atoms with Crippen molar-refractivity contribution in [3.8, 4) is 0 Å². The lowest BCUT2D eigenvalue weighted by molar-refractivity contribution is 0.328. The average Bonchev–Trinajstić information content (AvgIpc) is 2.51. The van der Waals surface area contributed by atoms with Crippen molar-refractivity contribution in [1.29, 1.82) is 0 Å². The van der Waals surface area contributed by atoms with Gasteiger partial charge in [-0.1, -0.05) is 20.8 Å². The van der Waals surface area contributed by atoms with Crippen molar-refractivity contribution >= 4 is 0 Å². The van der Waals surface area contributed by atoms with E-state index in [1.165, 1.54) is 19.3 Å². The van der Waals surface area contributed by atoms with Crippen LogP contribution >= 0.6 is 0 Å². The Morgan fingerprint density at radius 2 is 1.75 bits per heavy atom. The Morgan fingerprint density at radius 1 is 1.17 bits per heavy atom. The quantitative estimate of drug-likeness (QED) is 0.618. The van der Waals surface area contributed by atoms with Crippen LogP contribution in [0.3, 0.4) is 0 Å².